The molecule has 6 rings (SSSR count). The number of nitrogens with one attached hydrogen (secondary N) is 1. The first-order chi connectivity index (χ1) is 19.1. The van der Waals surface area contributed by atoms with Gasteiger partial charge in [-0.1, -0.05) is 0 Å². The van der Waals surface area contributed by atoms with Crippen LogP contribution in [0, 0.1) is 17.2 Å². The molecule has 0 amide bonds. The van der Waals surface area contributed by atoms with Crippen molar-refractivity contribution in [2.45, 2.75) is 37.8 Å². The largest absolute Gasteiger partial charge is 0.371 e. The van der Waals surface area contributed by atoms with Crippen molar-refractivity contribution in [2.75, 3.05) is 75.0 Å². The van der Waals surface area contributed by atoms with Crippen molar-refractivity contribution in [2.24, 2.45) is 5.92 Å². The average Bonchev–Trinajstić information content (AvgIpc) is 2.96. The predicted molar refractivity (Wildman–Crippen MR) is 156 cm³/mol. The molecule has 0 bridgehead atoms. The molecule has 39 heavy (non-hydrogen) atoms. The Labute approximate surface area is 231 Å². The van der Waals surface area contributed by atoms with Gasteiger partial charge in [0.15, 0.2) is 5.82 Å². The van der Waals surface area contributed by atoms with Gasteiger partial charge >= 0.3 is 0 Å². The van der Waals surface area contributed by atoms with Crippen molar-refractivity contribution in [3.63, 3.8) is 0 Å². The first-order valence-electron chi connectivity index (χ1n) is 14.3. The Kier molecular flexibility index (Phi) is 7.49. The van der Waals surface area contributed by atoms with E-state index in [0.29, 0.717) is 18.0 Å². The highest BCUT2D eigenvalue weighted by atomic mass is 15.2. The highest BCUT2D eigenvalue weighted by Crippen LogP contribution is 2.28. The van der Waals surface area contributed by atoms with E-state index in [-0.39, 0.29) is 0 Å². The summed E-state index contributed by atoms with van der Waals surface area (Å²) < 4.78 is 0. The van der Waals surface area contributed by atoms with Crippen molar-refractivity contribution >= 4 is 28.4 Å². The van der Waals surface area contributed by atoms with Gasteiger partial charge in [0.05, 0.1) is 17.1 Å². The number of nitriles is 1. The van der Waals surface area contributed by atoms with Crippen LogP contribution in [0.4, 0.5) is 17.3 Å². The highest BCUT2D eigenvalue weighted by Gasteiger charge is 2.30. The maximum atomic E-state index is 9.01. The standard InChI is InChI=1S/C30H39N9/c1-36(2)25-11-15-38(16-12-25)28-8-7-27-29(35-28)30(33-21-32-27)34-24-9-13-37(14-10-24)18-23-19-39(20-23)26-5-3-22(17-31)4-6-26/h3-8,21,23-25H,9-16,18-20H2,1-2H3,(H,32,33,34). The van der Waals surface area contributed by atoms with E-state index < -0.39 is 0 Å². The van der Waals surface area contributed by atoms with Crippen LogP contribution in [0.25, 0.3) is 11.0 Å². The van der Waals surface area contributed by atoms with Gasteiger partial charge in [-0.2, -0.15) is 5.26 Å². The minimum Gasteiger partial charge on any atom is -0.371 e. The lowest BCUT2D eigenvalue weighted by atomic mass is 9.96. The van der Waals surface area contributed by atoms with E-state index >= 15 is 0 Å². The van der Waals surface area contributed by atoms with E-state index in [9.17, 15) is 0 Å². The van der Waals surface area contributed by atoms with Crippen LogP contribution in [-0.2, 0) is 0 Å². The molecule has 1 aromatic carbocycles. The molecule has 3 aliphatic heterocycles. The molecule has 0 spiro atoms. The number of aromatic nitrogens is 3. The average molecular weight is 526 g/mol. The Hall–Kier alpha value is -3.48. The zero-order valence-corrected chi connectivity index (χ0v) is 23.1. The number of rotatable bonds is 7. The molecule has 9 nitrogen and oxygen atoms in total. The Balaban J connectivity index is 1.01. The van der Waals surface area contributed by atoms with Crippen molar-refractivity contribution < 1.29 is 0 Å². The Morgan fingerprint density at radius 1 is 0.923 bits per heavy atom. The first-order valence-corrected chi connectivity index (χ1v) is 14.3. The number of hydrogen-bond donors (Lipinski definition) is 1. The van der Waals surface area contributed by atoms with Gasteiger partial charge in [-0.25, -0.2) is 15.0 Å². The first kappa shape index (κ1) is 25.8. The summed E-state index contributed by atoms with van der Waals surface area (Å²) in [4.78, 5) is 23.9. The van der Waals surface area contributed by atoms with Crippen LogP contribution in [0.2, 0.25) is 0 Å². The third-order valence-corrected chi connectivity index (χ3v) is 8.75. The number of fused-ring (bicyclic) bond motifs is 1. The van der Waals surface area contributed by atoms with Gasteiger partial charge in [-0.05, 0) is 76.2 Å². The molecule has 0 radical (unpaired) electrons. The second-order valence-electron chi connectivity index (χ2n) is 11.6. The normalized spacial score (nSPS) is 19.8. The number of likely N-dealkylation sites (tertiary alicyclic amines) is 1. The molecule has 3 fully saturated rings. The molecular weight excluding hydrogens is 486 g/mol. The van der Waals surface area contributed by atoms with Crippen LogP contribution in [0.3, 0.4) is 0 Å². The molecule has 3 aromatic rings. The molecule has 9 heteroatoms. The maximum Gasteiger partial charge on any atom is 0.156 e. The molecule has 1 N–H and O–H groups in total. The topological polar surface area (TPSA) is 87.5 Å². The Bertz CT molecular complexity index is 1300. The fourth-order valence-electron chi connectivity index (χ4n) is 6.28. The lowest BCUT2D eigenvalue weighted by Gasteiger charge is -2.44. The minimum atomic E-state index is 0.400. The summed E-state index contributed by atoms with van der Waals surface area (Å²) in [6.07, 6.45) is 6.19. The third kappa shape index (κ3) is 5.77. The molecule has 0 atom stereocenters. The lowest BCUT2D eigenvalue weighted by molar-refractivity contribution is 0.174. The predicted octanol–water partition coefficient (Wildman–Crippen LogP) is 3.44. The second-order valence-corrected chi connectivity index (χ2v) is 11.6. The van der Waals surface area contributed by atoms with Gasteiger partial charge in [-0.15, -0.1) is 0 Å². The molecule has 204 valence electrons. The minimum absolute atomic E-state index is 0.400. The van der Waals surface area contributed by atoms with Crippen LogP contribution < -0.4 is 15.1 Å². The van der Waals surface area contributed by atoms with Crippen LogP contribution in [0.1, 0.15) is 31.2 Å². The van der Waals surface area contributed by atoms with Crippen LogP contribution >= 0.6 is 0 Å². The fraction of sp³-hybridized carbons (Fsp3) is 0.533. The quantitative estimate of drug-likeness (QED) is 0.498. The van der Waals surface area contributed by atoms with Crippen LogP contribution in [0.15, 0.2) is 42.7 Å². The van der Waals surface area contributed by atoms with Gasteiger partial charge in [0.2, 0.25) is 0 Å². The summed E-state index contributed by atoms with van der Waals surface area (Å²) in [6.45, 7) is 7.62. The van der Waals surface area contributed by atoms with Crippen molar-refractivity contribution in [1.82, 2.24) is 24.8 Å². The Morgan fingerprint density at radius 3 is 2.36 bits per heavy atom. The van der Waals surface area contributed by atoms with Gasteiger partial charge in [0, 0.05) is 69.5 Å². The zero-order chi connectivity index (χ0) is 26.8. The molecule has 0 unspecified atom stereocenters. The smallest absolute Gasteiger partial charge is 0.156 e. The van der Waals surface area contributed by atoms with Gasteiger partial charge in [0.1, 0.15) is 17.7 Å². The van der Waals surface area contributed by atoms with Crippen LogP contribution in [-0.4, -0.2) is 96.7 Å². The third-order valence-electron chi connectivity index (χ3n) is 8.75. The van der Waals surface area contributed by atoms with Gasteiger partial charge < -0.3 is 24.9 Å². The van der Waals surface area contributed by atoms with Crippen molar-refractivity contribution in [3.05, 3.63) is 48.3 Å². The van der Waals surface area contributed by atoms with E-state index in [1.54, 1.807) is 6.33 Å². The van der Waals surface area contributed by atoms with Gasteiger partial charge in [0.25, 0.3) is 0 Å². The summed E-state index contributed by atoms with van der Waals surface area (Å²) >= 11 is 0. The number of anilines is 3. The SMILES string of the molecule is CN(C)C1CCN(c2ccc3ncnc(NC4CCN(CC5CN(c6ccc(C#N)cc6)C5)CC4)c3n2)CC1. The summed E-state index contributed by atoms with van der Waals surface area (Å²) in [5.41, 5.74) is 3.72. The molecule has 3 saturated heterocycles. The summed E-state index contributed by atoms with van der Waals surface area (Å²) in [5, 5.41) is 12.7. The summed E-state index contributed by atoms with van der Waals surface area (Å²) in [5.74, 6) is 2.60. The highest BCUT2D eigenvalue weighted by molar-refractivity contribution is 5.86. The Morgan fingerprint density at radius 2 is 1.67 bits per heavy atom. The van der Waals surface area contributed by atoms with E-state index in [4.69, 9.17) is 10.2 Å². The molecular formula is C30H39N9. The maximum absolute atomic E-state index is 9.01. The lowest BCUT2D eigenvalue weighted by Crippen LogP contribution is -2.53. The van der Waals surface area contributed by atoms with E-state index in [2.05, 4.69) is 79.3 Å². The summed E-state index contributed by atoms with van der Waals surface area (Å²) in [6, 6.07) is 15.4. The summed E-state index contributed by atoms with van der Waals surface area (Å²) in [7, 11) is 4.35. The van der Waals surface area contributed by atoms with E-state index in [1.807, 2.05) is 12.1 Å². The monoisotopic (exact) mass is 525 g/mol. The van der Waals surface area contributed by atoms with Crippen LogP contribution in [0.5, 0.6) is 0 Å². The molecule has 3 aliphatic rings. The number of benzene rings is 1. The van der Waals surface area contributed by atoms with Crippen molar-refractivity contribution in [1.29, 1.82) is 5.26 Å². The van der Waals surface area contributed by atoms with E-state index in [1.165, 1.54) is 5.69 Å². The molecule has 0 aliphatic carbocycles. The number of nitrogens with zero attached hydrogens (tertiary/aromatic N) is 8. The number of pyridine rings is 1. The number of piperidine rings is 2. The van der Waals surface area contributed by atoms with E-state index in [0.717, 1.165) is 99.7 Å². The molecule has 5 heterocycles. The fourth-order valence-corrected chi connectivity index (χ4v) is 6.28. The van der Waals surface area contributed by atoms with Gasteiger partial charge in [-0.3, -0.25) is 0 Å². The number of hydrogen-bond acceptors (Lipinski definition) is 9. The molecule has 2 aromatic heterocycles. The van der Waals surface area contributed by atoms with Crippen molar-refractivity contribution in [3.8, 4) is 6.07 Å². The zero-order valence-electron chi connectivity index (χ0n) is 23.1. The second kappa shape index (κ2) is 11.3. The molecule has 0 saturated carbocycles.